The minimum Gasteiger partial charge on any atom is -0.393 e. The van der Waals surface area contributed by atoms with Crippen molar-refractivity contribution in [3.8, 4) is 0 Å². The second-order valence-corrected chi connectivity index (χ2v) is 6.86. The van der Waals surface area contributed by atoms with Gasteiger partial charge in [0.05, 0.1) is 6.10 Å². The molecule has 100 valence electrons. The highest BCUT2D eigenvalue weighted by Gasteiger charge is 2.39. The zero-order valence-corrected chi connectivity index (χ0v) is 11.7. The summed E-state index contributed by atoms with van der Waals surface area (Å²) < 4.78 is 0. The Bertz CT molecular complexity index is 218. The Balaban J connectivity index is 1.74. The highest BCUT2D eigenvalue weighted by atomic mass is 16.3. The van der Waals surface area contributed by atoms with Crippen molar-refractivity contribution in [2.24, 2.45) is 23.7 Å². The average molecular weight is 238 g/mol. The fourth-order valence-corrected chi connectivity index (χ4v) is 4.10. The summed E-state index contributed by atoms with van der Waals surface area (Å²) >= 11 is 0. The van der Waals surface area contributed by atoms with Gasteiger partial charge in [-0.15, -0.1) is 0 Å². The topological polar surface area (TPSA) is 20.2 Å². The number of hydrogen-bond acceptors (Lipinski definition) is 1. The molecule has 3 atom stereocenters. The van der Waals surface area contributed by atoms with Crippen LogP contribution in [-0.2, 0) is 0 Å². The van der Waals surface area contributed by atoms with Crippen LogP contribution in [0.2, 0.25) is 0 Å². The van der Waals surface area contributed by atoms with Gasteiger partial charge in [0.2, 0.25) is 0 Å². The predicted octanol–water partition coefficient (Wildman–Crippen LogP) is 4.39. The lowest BCUT2D eigenvalue weighted by Crippen LogP contribution is -2.26. The summed E-state index contributed by atoms with van der Waals surface area (Å²) in [4.78, 5) is 0. The number of aliphatic hydroxyl groups is 1. The summed E-state index contributed by atoms with van der Waals surface area (Å²) in [5.74, 6) is 2.96. The van der Waals surface area contributed by atoms with E-state index in [0.717, 1.165) is 11.8 Å². The van der Waals surface area contributed by atoms with E-state index in [1.165, 1.54) is 57.8 Å². The normalized spacial score (nSPS) is 34.9. The van der Waals surface area contributed by atoms with Crippen LogP contribution < -0.4 is 0 Å². The van der Waals surface area contributed by atoms with Gasteiger partial charge >= 0.3 is 0 Å². The third-order valence-corrected chi connectivity index (χ3v) is 5.15. The van der Waals surface area contributed by atoms with E-state index in [2.05, 4.69) is 13.8 Å². The Labute approximate surface area is 107 Å². The van der Waals surface area contributed by atoms with Gasteiger partial charge in [-0.2, -0.15) is 0 Å². The fraction of sp³-hybridized carbons (Fsp3) is 1.00. The van der Waals surface area contributed by atoms with Crippen molar-refractivity contribution in [3.05, 3.63) is 0 Å². The lowest BCUT2D eigenvalue weighted by atomic mass is 9.85. The minimum absolute atomic E-state index is 0.0327. The molecule has 2 aliphatic carbocycles. The van der Waals surface area contributed by atoms with Crippen molar-refractivity contribution >= 4 is 0 Å². The molecule has 0 aromatic carbocycles. The van der Waals surface area contributed by atoms with Gasteiger partial charge in [0.15, 0.2) is 0 Å². The molecule has 0 aromatic heterocycles. The first-order chi connectivity index (χ1) is 8.18. The molecule has 0 spiro atoms. The maximum absolute atomic E-state index is 10.5. The van der Waals surface area contributed by atoms with Gasteiger partial charge in [0, 0.05) is 0 Å². The van der Waals surface area contributed by atoms with Crippen molar-refractivity contribution in [2.75, 3.05) is 0 Å². The third-order valence-electron chi connectivity index (χ3n) is 5.15. The van der Waals surface area contributed by atoms with Crippen molar-refractivity contribution in [1.29, 1.82) is 0 Å². The zero-order chi connectivity index (χ0) is 12.3. The molecule has 0 aromatic rings. The Hall–Kier alpha value is -0.0400. The van der Waals surface area contributed by atoms with Gasteiger partial charge in [0.25, 0.3) is 0 Å². The second kappa shape index (κ2) is 6.22. The summed E-state index contributed by atoms with van der Waals surface area (Å²) in [7, 11) is 0. The molecule has 0 radical (unpaired) electrons. The summed E-state index contributed by atoms with van der Waals surface area (Å²) in [6, 6.07) is 0. The summed E-state index contributed by atoms with van der Waals surface area (Å²) in [6.07, 6.45) is 12.1. The Morgan fingerprint density at radius 2 is 1.76 bits per heavy atom. The monoisotopic (exact) mass is 238 g/mol. The zero-order valence-electron chi connectivity index (χ0n) is 11.7. The standard InChI is InChI=1S/C16H30O/c1-12(2)6-5-9-14-10-11-15(16(14)17)13-7-3-4-8-13/h12-17H,3-11H2,1-2H3. The molecule has 1 N–H and O–H groups in total. The minimum atomic E-state index is 0.0327. The van der Waals surface area contributed by atoms with Crippen LogP contribution in [0.4, 0.5) is 0 Å². The van der Waals surface area contributed by atoms with Crippen molar-refractivity contribution in [1.82, 2.24) is 0 Å². The first-order valence-corrected chi connectivity index (χ1v) is 7.86. The van der Waals surface area contributed by atoms with Gasteiger partial charge in [-0.25, -0.2) is 0 Å². The van der Waals surface area contributed by atoms with Gasteiger partial charge in [-0.3, -0.25) is 0 Å². The van der Waals surface area contributed by atoms with E-state index in [1.807, 2.05) is 0 Å². The molecule has 0 saturated heterocycles. The van der Waals surface area contributed by atoms with E-state index >= 15 is 0 Å². The molecule has 17 heavy (non-hydrogen) atoms. The Kier molecular flexibility index (Phi) is 4.90. The highest BCUT2D eigenvalue weighted by Crippen LogP contribution is 2.44. The van der Waals surface area contributed by atoms with Gasteiger partial charge in [-0.05, 0) is 42.9 Å². The van der Waals surface area contributed by atoms with Crippen LogP contribution in [0, 0.1) is 23.7 Å². The molecule has 3 unspecified atom stereocenters. The predicted molar refractivity (Wildman–Crippen MR) is 72.9 cm³/mol. The molecule has 0 amide bonds. The lowest BCUT2D eigenvalue weighted by Gasteiger charge is -2.24. The van der Waals surface area contributed by atoms with Crippen LogP contribution in [0.25, 0.3) is 0 Å². The third kappa shape index (κ3) is 3.47. The van der Waals surface area contributed by atoms with E-state index in [9.17, 15) is 5.11 Å². The lowest BCUT2D eigenvalue weighted by molar-refractivity contribution is 0.0609. The molecule has 2 rings (SSSR count). The molecule has 0 bridgehead atoms. The maximum atomic E-state index is 10.5. The van der Waals surface area contributed by atoms with E-state index < -0.39 is 0 Å². The molecule has 2 aliphatic rings. The first kappa shape index (κ1) is 13.4. The van der Waals surface area contributed by atoms with Gasteiger partial charge in [-0.1, -0.05) is 52.4 Å². The van der Waals surface area contributed by atoms with Crippen LogP contribution in [0.15, 0.2) is 0 Å². The molecule has 0 heterocycles. The van der Waals surface area contributed by atoms with Crippen LogP contribution in [0.1, 0.15) is 71.6 Å². The number of hydrogen-bond donors (Lipinski definition) is 1. The van der Waals surface area contributed by atoms with Crippen LogP contribution >= 0.6 is 0 Å². The van der Waals surface area contributed by atoms with Crippen molar-refractivity contribution in [3.63, 3.8) is 0 Å². The highest BCUT2D eigenvalue weighted by molar-refractivity contribution is 4.90. The van der Waals surface area contributed by atoms with E-state index in [4.69, 9.17) is 0 Å². The van der Waals surface area contributed by atoms with Gasteiger partial charge < -0.3 is 5.11 Å². The van der Waals surface area contributed by atoms with E-state index in [0.29, 0.717) is 11.8 Å². The molecular weight excluding hydrogens is 208 g/mol. The number of aliphatic hydroxyl groups excluding tert-OH is 1. The Morgan fingerprint density at radius 1 is 1.06 bits per heavy atom. The molecule has 1 heteroatoms. The molecule has 2 fully saturated rings. The van der Waals surface area contributed by atoms with Crippen molar-refractivity contribution < 1.29 is 5.11 Å². The fourth-order valence-electron chi connectivity index (χ4n) is 4.10. The second-order valence-electron chi connectivity index (χ2n) is 6.86. The summed E-state index contributed by atoms with van der Waals surface area (Å²) in [5.41, 5.74) is 0. The van der Waals surface area contributed by atoms with E-state index in [1.54, 1.807) is 0 Å². The molecule has 0 aliphatic heterocycles. The summed E-state index contributed by atoms with van der Waals surface area (Å²) in [6.45, 7) is 4.60. The SMILES string of the molecule is CC(C)CCCC1CCC(C2CCCC2)C1O. The largest absolute Gasteiger partial charge is 0.393 e. The van der Waals surface area contributed by atoms with E-state index in [-0.39, 0.29) is 6.10 Å². The van der Waals surface area contributed by atoms with Crippen molar-refractivity contribution in [2.45, 2.75) is 77.7 Å². The van der Waals surface area contributed by atoms with Crippen LogP contribution in [0.5, 0.6) is 0 Å². The average Bonchev–Trinajstić information content (AvgIpc) is 2.88. The first-order valence-electron chi connectivity index (χ1n) is 7.86. The number of rotatable bonds is 5. The molecular formula is C16H30O. The maximum Gasteiger partial charge on any atom is 0.0599 e. The summed E-state index contributed by atoms with van der Waals surface area (Å²) in [5, 5.41) is 10.5. The van der Waals surface area contributed by atoms with Gasteiger partial charge in [0.1, 0.15) is 0 Å². The smallest absolute Gasteiger partial charge is 0.0599 e. The Morgan fingerprint density at radius 3 is 2.41 bits per heavy atom. The molecule has 1 nitrogen and oxygen atoms in total. The quantitative estimate of drug-likeness (QED) is 0.753. The van der Waals surface area contributed by atoms with Crippen LogP contribution in [0.3, 0.4) is 0 Å². The van der Waals surface area contributed by atoms with Crippen LogP contribution in [-0.4, -0.2) is 11.2 Å². The molecule has 2 saturated carbocycles.